The van der Waals surface area contributed by atoms with Gasteiger partial charge in [-0.2, -0.15) is 0 Å². The summed E-state index contributed by atoms with van der Waals surface area (Å²) in [6, 6.07) is 7.78. The molecule has 0 fully saturated rings. The molecule has 0 aliphatic carbocycles. The van der Waals surface area contributed by atoms with Crippen molar-refractivity contribution >= 4 is 11.8 Å². The van der Waals surface area contributed by atoms with Gasteiger partial charge in [-0.3, -0.25) is 0 Å². The summed E-state index contributed by atoms with van der Waals surface area (Å²) < 4.78 is 29.9. The second-order valence-corrected chi connectivity index (χ2v) is 5.15. The lowest BCUT2D eigenvalue weighted by atomic mass is 10.1. The molecule has 1 aromatic heterocycles. The molecule has 2 N–H and O–H groups in total. The number of benzene rings is 1. The number of nitrogens with zero attached hydrogens (tertiary/aromatic N) is 3. The van der Waals surface area contributed by atoms with Crippen LogP contribution < -0.4 is 5.73 Å². The van der Waals surface area contributed by atoms with E-state index in [4.69, 9.17) is 5.73 Å². The average molecular weight is 298 g/mol. The molecule has 108 valence electrons. The van der Waals surface area contributed by atoms with Gasteiger partial charge < -0.3 is 10.3 Å². The molecule has 0 saturated carbocycles. The van der Waals surface area contributed by atoms with Crippen molar-refractivity contribution in [3.8, 4) is 0 Å². The fraction of sp³-hybridized carbons (Fsp3) is 0.385. The molecule has 1 heterocycles. The first-order valence-corrected chi connectivity index (χ1v) is 7.25. The van der Waals surface area contributed by atoms with Gasteiger partial charge in [0, 0.05) is 12.1 Å². The van der Waals surface area contributed by atoms with E-state index in [1.165, 1.54) is 12.1 Å². The number of hydrogen-bond donors (Lipinski definition) is 1. The summed E-state index contributed by atoms with van der Waals surface area (Å²) in [5, 5.41) is 8.29. The van der Waals surface area contributed by atoms with Gasteiger partial charge in [-0.25, -0.2) is 8.78 Å². The maximum atomic E-state index is 14.1. The van der Waals surface area contributed by atoms with E-state index in [2.05, 4.69) is 10.2 Å². The van der Waals surface area contributed by atoms with Gasteiger partial charge in [-0.15, -0.1) is 10.2 Å². The van der Waals surface area contributed by atoms with E-state index >= 15 is 0 Å². The first-order chi connectivity index (χ1) is 9.58. The molecule has 0 radical (unpaired) electrons. The van der Waals surface area contributed by atoms with Crippen LogP contribution in [0.25, 0.3) is 0 Å². The molecule has 2 rings (SSSR count). The molecule has 0 aliphatic rings. The van der Waals surface area contributed by atoms with E-state index in [0.717, 1.165) is 11.8 Å². The largest absolute Gasteiger partial charge is 0.324 e. The van der Waals surface area contributed by atoms with Crippen LogP contribution in [0.5, 0.6) is 0 Å². The first kappa shape index (κ1) is 14.9. The molecule has 1 aromatic carbocycles. The molecule has 0 saturated heterocycles. The van der Waals surface area contributed by atoms with Crippen LogP contribution in [-0.4, -0.2) is 20.5 Å². The molecule has 0 aliphatic heterocycles. The Morgan fingerprint density at radius 2 is 1.95 bits per heavy atom. The molecule has 2 aromatic rings. The Hall–Kier alpha value is -1.47. The van der Waals surface area contributed by atoms with E-state index in [1.54, 1.807) is 22.8 Å². The van der Waals surface area contributed by atoms with Gasteiger partial charge in [0.1, 0.15) is 5.82 Å². The fourth-order valence-electron chi connectivity index (χ4n) is 1.81. The van der Waals surface area contributed by atoms with E-state index in [1.807, 2.05) is 6.92 Å². The van der Waals surface area contributed by atoms with Crippen molar-refractivity contribution in [2.45, 2.75) is 31.1 Å². The fourth-order valence-corrected chi connectivity index (χ4v) is 2.78. The summed E-state index contributed by atoms with van der Waals surface area (Å²) in [6.07, 6.45) is 0. The van der Waals surface area contributed by atoms with Crippen LogP contribution in [0.4, 0.5) is 8.78 Å². The molecular weight excluding hydrogens is 282 g/mol. The minimum Gasteiger partial charge on any atom is -0.324 e. The number of nitrogens with two attached hydrogens (primary N) is 1. The summed E-state index contributed by atoms with van der Waals surface area (Å²) in [6.45, 7) is 2.76. The number of thioether (sulfide) groups is 1. The predicted molar refractivity (Wildman–Crippen MR) is 74.6 cm³/mol. The van der Waals surface area contributed by atoms with Crippen molar-refractivity contribution in [1.82, 2.24) is 14.8 Å². The van der Waals surface area contributed by atoms with Gasteiger partial charge in [-0.1, -0.05) is 42.1 Å². The van der Waals surface area contributed by atoms with Gasteiger partial charge in [0.25, 0.3) is 5.92 Å². The normalized spacial score (nSPS) is 11.8. The van der Waals surface area contributed by atoms with Crippen LogP contribution in [0.2, 0.25) is 0 Å². The van der Waals surface area contributed by atoms with E-state index < -0.39 is 5.92 Å². The highest BCUT2D eigenvalue weighted by atomic mass is 32.2. The third-order valence-corrected chi connectivity index (χ3v) is 3.94. The molecule has 0 atom stereocenters. The number of alkyl halides is 2. The Bertz CT molecular complexity index is 557. The van der Waals surface area contributed by atoms with Crippen LogP contribution in [0.15, 0.2) is 35.5 Å². The Labute approximate surface area is 120 Å². The van der Waals surface area contributed by atoms with Crippen molar-refractivity contribution in [3.05, 3.63) is 41.7 Å². The summed E-state index contributed by atoms with van der Waals surface area (Å²) in [4.78, 5) is 0. The number of halogens is 2. The monoisotopic (exact) mass is 298 g/mol. The molecule has 20 heavy (non-hydrogen) atoms. The van der Waals surface area contributed by atoms with Crippen molar-refractivity contribution in [2.24, 2.45) is 5.73 Å². The van der Waals surface area contributed by atoms with Crippen molar-refractivity contribution in [3.63, 3.8) is 0 Å². The van der Waals surface area contributed by atoms with E-state index in [-0.39, 0.29) is 17.9 Å². The van der Waals surface area contributed by atoms with Crippen LogP contribution in [0.3, 0.4) is 0 Å². The van der Waals surface area contributed by atoms with E-state index in [9.17, 15) is 8.78 Å². The van der Waals surface area contributed by atoms with Crippen LogP contribution in [0.1, 0.15) is 18.3 Å². The maximum Gasteiger partial charge on any atom is 0.282 e. The Kier molecular flexibility index (Phi) is 4.72. The van der Waals surface area contributed by atoms with Gasteiger partial charge in [0.2, 0.25) is 0 Å². The summed E-state index contributed by atoms with van der Waals surface area (Å²) in [5.41, 5.74) is 5.54. The SMILES string of the molecule is CCn1c(CN)nnc1SCC(F)(F)c1ccccc1. The molecule has 7 heteroatoms. The zero-order valence-corrected chi connectivity index (χ0v) is 11.9. The summed E-state index contributed by atoms with van der Waals surface area (Å²) >= 11 is 0.993. The molecule has 0 bridgehead atoms. The molecule has 0 unspecified atom stereocenters. The number of aromatic nitrogens is 3. The number of rotatable bonds is 6. The molecule has 0 amide bonds. The minimum atomic E-state index is -2.90. The third-order valence-electron chi connectivity index (χ3n) is 2.87. The second kappa shape index (κ2) is 6.32. The topological polar surface area (TPSA) is 56.7 Å². The minimum absolute atomic E-state index is 0.00844. The molecular formula is C13H16F2N4S. The lowest BCUT2D eigenvalue weighted by molar-refractivity contribution is 0.0231. The van der Waals surface area contributed by atoms with Gasteiger partial charge >= 0.3 is 0 Å². The van der Waals surface area contributed by atoms with Crippen LogP contribution in [0, 0.1) is 0 Å². The highest BCUT2D eigenvalue weighted by Gasteiger charge is 2.32. The van der Waals surface area contributed by atoms with E-state index in [0.29, 0.717) is 17.5 Å². The standard InChI is InChI=1S/C13H16F2N4S/c1-2-19-11(8-16)17-18-12(19)20-9-13(14,15)10-6-4-3-5-7-10/h3-7H,2,8-9,16H2,1H3. The van der Waals surface area contributed by atoms with Gasteiger partial charge in [-0.05, 0) is 6.92 Å². The smallest absolute Gasteiger partial charge is 0.282 e. The lowest BCUT2D eigenvalue weighted by Crippen LogP contribution is -2.17. The summed E-state index contributed by atoms with van der Waals surface area (Å²) in [7, 11) is 0. The van der Waals surface area contributed by atoms with Crippen LogP contribution >= 0.6 is 11.8 Å². The summed E-state index contributed by atoms with van der Waals surface area (Å²) in [5.74, 6) is -2.67. The van der Waals surface area contributed by atoms with Gasteiger partial charge in [0.05, 0.1) is 12.3 Å². The van der Waals surface area contributed by atoms with Crippen molar-refractivity contribution in [1.29, 1.82) is 0 Å². The van der Waals surface area contributed by atoms with Crippen molar-refractivity contribution in [2.75, 3.05) is 5.75 Å². The molecule has 0 spiro atoms. The zero-order valence-electron chi connectivity index (χ0n) is 11.1. The predicted octanol–water partition coefficient (Wildman–Crippen LogP) is 2.64. The third kappa shape index (κ3) is 3.16. The zero-order chi connectivity index (χ0) is 14.6. The highest BCUT2D eigenvalue weighted by Crippen LogP contribution is 2.34. The number of hydrogen-bond acceptors (Lipinski definition) is 4. The Balaban J connectivity index is 2.10. The van der Waals surface area contributed by atoms with Crippen LogP contribution in [-0.2, 0) is 19.0 Å². The quantitative estimate of drug-likeness (QED) is 0.833. The first-order valence-electron chi connectivity index (χ1n) is 6.26. The Morgan fingerprint density at radius 3 is 2.55 bits per heavy atom. The second-order valence-electron chi connectivity index (χ2n) is 4.21. The molecule has 4 nitrogen and oxygen atoms in total. The highest BCUT2D eigenvalue weighted by molar-refractivity contribution is 7.99. The lowest BCUT2D eigenvalue weighted by Gasteiger charge is -2.16. The van der Waals surface area contributed by atoms with Crippen molar-refractivity contribution < 1.29 is 8.78 Å². The Morgan fingerprint density at radius 1 is 1.25 bits per heavy atom. The maximum absolute atomic E-state index is 14.1. The van der Waals surface area contributed by atoms with Gasteiger partial charge in [0.15, 0.2) is 5.16 Å². The average Bonchev–Trinajstić information content (AvgIpc) is 2.88.